The van der Waals surface area contributed by atoms with Gasteiger partial charge in [0.2, 0.25) is 5.91 Å². The van der Waals surface area contributed by atoms with Crippen LogP contribution in [-0.4, -0.2) is 30.2 Å². The Morgan fingerprint density at radius 2 is 2.67 bits per heavy atom. The fourth-order valence-corrected chi connectivity index (χ4v) is 1.13. The van der Waals surface area contributed by atoms with Gasteiger partial charge in [-0.2, -0.15) is 0 Å². The second-order valence-corrected chi connectivity index (χ2v) is 2.23. The van der Waals surface area contributed by atoms with E-state index in [1.54, 1.807) is 11.0 Å². The molecule has 2 heterocycles. The number of fused-ring (bicyclic) bond motifs is 1. The quantitative estimate of drug-likeness (QED) is 0.446. The van der Waals surface area contributed by atoms with Crippen LogP contribution in [0.2, 0.25) is 0 Å². The minimum atomic E-state index is 0.0810. The molecule has 0 aromatic carbocycles. The third-order valence-corrected chi connectivity index (χ3v) is 1.66. The summed E-state index contributed by atoms with van der Waals surface area (Å²) < 4.78 is 5.04. The van der Waals surface area contributed by atoms with Crippen LogP contribution in [-0.2, 0) is 9.53 Å². The van der Waals surface area contributed by atoms with Crippen LogP contribution in [0.1, 0.15) is 0 Å². The Bertz CT molecular complexity index is 176. The summed E-state index contributed by atoms with van der Waals surface area (Å²) in [4.78, 5) is 12.5. The molecule has 1 saturated heterocycles. The third-order valence-electron chi connectivity index (χ3n) is 1.66. The van der Waals surface area contributed by atoms with Crippen molar-refractivity contribution in [3.8, 4) is 0 Å². The lowest BCUT2D eigenvalue weighted by Gasteiger charge is -2.10. The van der Waals surface area contributed by atoms with E-state index in [0.717, 1.165) is 0 Å². The number of hydrogen-bond acceptors (Lipinski definition) is 2. The van der Waals surface area contributed by atoms with Crippen LogP contribution >= 0.6 is 0 Å². The molecule has 0 N–H and O–H groups in total. The molecule has 1 amide bonds. The minimum absolute atomic E-state index is 0.0810. The molecule has 0 aromatic heterocycles. The molecule has 2 aliphatic heterocycles. The Labute approximate surface area is 52.9 Å². The van der Waals surface area contributed by atoms with Crippen molar-refractivity contribution in [1.29, 1.82) is 0 Å². The first-order valence-corrected chi connectivity index (χ1v) is 2.94. The van der Waals surface area contributed by atoms with E-state index in [-0.39, 0.29) is 11.9 Å². The first kappa shape index (κ1) is 4.99. The number of rotatable bonds is 0. The van der Waals surface area contributed by atoms with Gasteiger partial charge in [0.15, 0.2) is 0 Å². The SMILES string of the molecule is O=C1C=C[C@@H]2COCN12. The second-order valence-electron chi connectivity index (χ2n) is 2.23. The van der Waals surface area contributed by atoms with Gasteiger partial charge in [0.05, 0.1) is 12.6 Å². The highest BCUT2D eigenvalue weighted by Crippen LogP contribution is 2.16. The zero-order valence-corrected chi connectivity index (χ0v) is 4.91. The van der Waals surface area contributed by atoms with Gasteiger partial charge in [0, 0.05) is 6.08 Å². The molecule has 2 rings (SSSR count). The van der Waals surface area contributed by atoms with Gasteiger partial charge < -0.3 is 9.64 Å². The molecule has 0 unspecified atom stereocenters. The topological polar surface area (TPSA) is 29.5 Å². The van der Waals surface area contributed by atoms with Crippen molar-refractivity contribution in [2.24, 2.45) is 0 Å². The smallest absolute Gasteiger partial charge is 0.248 e. The van der Waals surface area contributed by atoms with E-state index < -0.39 is 0 Å². The summed E-state index contributed by atoms with van der Waals surface area (Å²) in [6.45, 7) is 1.14. The van der Waals surface area contributed by atoms with E-state index in [0.29, 0.717) is 13.3 Å². The minimum Gasteiger partial charge on any atom is -0.359 e. The number of carbonyl (C=O) groups excluding carboxylic acids is 1. The first-order valence-electron chi connectivity index (χ1n) is 2.94. The van der Waals surface area contributed by atoms with Crippen LogP contribution in [0.5, 0.6) is 0 Å². The summed E-state index contributed by atoms with van der Waals surface area (Å²) in [5, 5.41) is 0. The third kappa shape index (κ3) is 0.580. The van der Waals surface area contributed by atoms with Crippen molar-refractivity contribution in [1.82, 2.24) is 4.90 Å². The molecule has 0 aliphatic carbocycles. The largest absolute Gasteiger partial charge is 0.359 e. The standard InChI is InChI=1S/C6H7NO2/c8-6-2-1-5-3-9-4-7(5)6/h1-2,5H,3-4H2/t5-/m1/s1. The summed E-state index contributed by atoms with van der Waals surface area (Å²) in [5.74, 6) is 0.0810. The monoisotopic (exact) mass is 125 g/mol. The summed E-state index contributed by atoms with van der Waals surface area (Å²) in [5.41, 5.74) is 0. The van der Waals surface area contributed by atoms with Crippen molar-refractivity contribution >= 4 is 5.91 Å². The van der Waals surface area contributed by atoms with E-state index in [9.17, 15) is 4.79 Å². The van der Waals surface area contributed by atoms with Gasteiger partial charge in [0.25, 0.3) is 0 Å². The molecular weight excluding hydrogens is 118 g/mol. The summed E-state index contributed by atoms with van der Waals surface area (Å²) in [6, 6.07) is 0.234. The molecule has 3 heteroatoms. The van der Waals surface area contributed by atoms with Gasteiger partial charge in [-0.1, -0.05) is 6.08 Å². The molecule has 0 radical (unpaired) electrons. The Morgan fingerprint density at radius 1 is 1.78 bits per heavy atom. The Kier molecular flexibility index (Phi) is 0.873. The van der Waals surface area contributed by atoms with E-state index in [2.05, 4.69) is 0 Å². The maximum atomic E-state index is 10.8. The van der Waals surface area contributed by atoms with Crippen molar-refractivity contribution in [3.05, 3.63) is 12.2 Å². The van der Waals surface area contributed by atoms with Crippen molar-refractivity contribution in [2.45, 2.75) is 6.04 Å². The molecule has 0 spiro atoms. The Hall–Kier alpha value is -0.830. The fourth-order valence-electron chi connectivity index (χ4n) is 1.13. The van der Waals surface area contributed by atoms with Crippen molar-refractivity contribution in [3.63, 3.8) is 0 Å². The van der Waals surface area contributed by atoms with Crippen LogP contribution < -0.4 is 0 Å². The molecule has 0 saturated carbocycles. The lowest BCUT2D eigenvalue weighted by atomic mass is 10.3. The zero-order chi connectivity index (χ0) is 6.27. The summed E-state index contributed by atoms with van der Waals surface area (Å²) in [7, 11) is 0. The summed E-state index contributed by atoms with van der Waals surface area (Å²) >= 11 is 0. The number of nitrogens with zero attached hydrogens (tertiary/aromatic N) is 1. The molecule has 1 atom stereocenters. The highest BCUT2D eigenvalue weighted by Gasteiger charge is 2.30. The lowest BCUT2D eigenvalue weighted by Crippen LogP contribution is -2.28. The molecular formula is C6H7NO2. The maximum Gasteiger partial charge on any atom is 0.248 e. The van der Waals surface area contributed by atoms with Crippen LogP contribution in [0.15, 0.2) is 12.2 Å². The van der Waals surface area contributed by atoms with E-state index >= 15 is 0 Å². The van der Waals surface area contributed by atoms with Gasteiger partial charge in [-0.05, 0) is 0 Å². The van der Waals surface area contributed by atoms with Gasteiger partial charge in [-0.3, -0.25) is 4.79 Å². The van der Waals surface area contributed by atoms with E-state index in [1.165, 1.54) is 0 Å². The number of hydrogen-bond donors (Lipinski definition) is 0. The highest BCUT2D eigenvalue weighted by molar-refractivity contribution is 5.90. The predicted molar refractivity (Wildman–Crippen MR) is 30.6 cm³/mol. The summed E-state index contributed by atoms with van der Waals surface area (Å²) in [6.07, 6.45) is 3.49. The average molecular weight is 125 g/mol. The van der Waals surface area contributed by atoms with Crippen LogP contribution in [0.4, 0.5) is 0 Å². The number of amides is 1. The molecule has 48 valence electrons. The lowest BCUT2D eigenvalue weighted by molar-refractivity contribution is -0.126. The maximum absolute atomic E-state index is 10.8. The molecule has 9 heavy (non-hydrogen) atoms. The fraction of sp³-hybridized carbons (Fsp3) is 0.500. The first-order chi connectivity index (χ1) is 4.38. The van der Waals surface area contributed by atoms with Crippen LogP contribution in [0.3, 0.4) is 0 Å². The predicted octanol–water partition coefficient (Wildman–Crippen LogP) is -0.259. The van der Waals surface area contributed by atoms with Crippen LogP contribution in [0, 0.1) is 0 Å². The van der Waals surface area contributed by atoms with Gasteiger partial charge in [0.1, 0.15) is 6.73 Å². The molecule has 0 bridgehead atoms. The van der Waals surface area contributed by atoms with Gasteiger partial charge >= 0.3 is 0 Å². The second kappa shape index (κ2) is 1.57. The molecule has 1 fully saturated rings. The molecule has 2 aliphatic rings. The number of carbonyl (C=O) groups is 1. The van der Waals surface area contributed by atoms with Crippen LogP contribution in [0.25, 0.3) is 0 Å². The Balaban J connectivity index is 2.24. The van der Waals surface area contributed by atoms with Gasteiger partial charge in [-0.25, -0.2) is 0 Å². The van der Waals surface area contributed by atoms with E-state index in [4.69, 9.17) is 4.74 Å². The number of ether oxygens (including phenoxy) is 1. The Morgan fingerprint density at radius 3 is 3.44 bits per heavy atom. The molecule has 3 nitrogen and oxygen atoms in total. The molecule has 0 aromatic rings. The average Bonchev–Trinajstić information content (AvgIpc) is 2.35. The normalized spacial score (nSPS) is 31.8. The van der Waals surface area contributed by atoms with Crippen molar-refractivity contribution in [2.75, 3.05) is 13.3 Å². The zero-order valence-electron chi connectivity index (χ0n) is 4.91. The van der Waals surface area contributed by atoms with E-state index in [1.807, 2.05) is 6.08 Å². The van der Waals surface area contributed by atoms with Gasteiger partial charge in [-0.15, -0.1) is 0 Å². The van der Waals surface area contributed by atoms with Crippen molar-refractivity contribution < 1.29 is 9.53 Å². The highest BCUT2D eigenvalue weighted by atomic mass is 16.5.